The molecule has 0 saturated heterocycles. The third-order valence-corrected chi connectivity index (χ3v) is 17.0. The van der Waals surface area contributed by atoms with Gasteiger partial charge in [0.2, 0.25) is 11.1 Å². The average Bonchev–Trinajstić information content (AvgIpc) is 2.85. The summed E-state index contributed by atoms with van der Waals surface area (Å²) in [5.74, 6) is 0. The van der Waals surface area contributed by atoms with Gasteiger partial charge in [-0.05, 0) is 73.9 Å². The minimum Gasteiger partial charge on any atom is -1.00 e. The molecule has 40 heavy (non-hydrogen) atoms. The SMILES string of the molecule is CCP(CC)CCP(CC)CC.CCP(CC)CCP(CC)CC.[C-]#[N+]C(C)(C)C.[C-]#[N+]C(C)(C)C.[Cl-].[Cl-].[Cl-].[Fe+3]. The van der Waals surface area contributed by atoms with Gasteiger partial charge in [0.15, 0.2) is 0 Å². The van der Waals surface area contributed by atoms with E-state index in [2.05, 4.69) is 65.1 Å². The molecule has 0 aromatic heterocycles. The molecule has 0 aliphatic rings. The van der Waals surface area contributed by atoms with Gasteiger partial charge in [-0.3, -0.25) is 0 Å². The molecule has 0 spiro atoms. The third kappa shape index (κ3) is 52.7. The van der Waals surface area contributed by atoms with Crippen LogP contribution in [0.5, 0.6) is 0 Å². The Hall–Kier alpha value is 2.09. The Bertz CT molecular complexity index is 461. The molecule has 0 aliphatic carbocycles. The molecule has 2 nitrogen and oxygen atoms in total. The van der Waals surface area contributed by atoms with Gasteiger partial charge in [0.05, 0.1) is 0 Å². The van der Waals surface area contributed by atoms with Crippen molar-refractivity contribution < 1.29 is 54.3 Å². The van der Waals surface area contributed by atoms with E-state index < -0.39 is 0 Å². The molecule has 0 aromatic carbocycles. The van der Waals surface area contributed by atoms with Crippen molar-refractivity contribution in [2.24, 2.45) is 0 Å². The van der Waals surface area contributed by atoms with Gasteiger partial charge in [0.1, 0.15) is 0 Å². The third-order valence-electron chi connectivity index (χ3n) is 5.71. The van der Waals surface area contributed by atoms with Crippen LogP contribution < -0.4 is 37.2 Å². The Kier molecular flexibility index (Phi) is 62.8. The molecule has 0 bridgehead atoms. The summed E-state index contributed by atoms with van der Waals surface area (Å²) in [5.41, 5.74) is -0.333. The van der Waals surface area contributed by atoms with Crippen LogP contribution in [0.25, 0.3) is 9.69 Å². The second-order valence-electron chi connectivity index (χ2n) is 10.7. The standard InChI is InChI=1S/2C10H24P2.2C5H9N.3ClH.Fe/c2*1-5-11(6-2)9-10-12(7-3)8-4;2*1-5(2,3)6-4;;;;/h2*5-10H2,1-4H3;2*1-3H3;3*1H;/q;;;;;;;+3/p-3. The van der Waals surface area contributed by atoms with Crippen LogP contribution in [0.3, 0.4) is 0 Å². The van der Waals surface area contributed by atoms with E-state index in [1.807, 2.05) is 41.5 Å². The Morgan fingerprint density at radius 3 is 0.550 bits per heavy atom. The van der Waals surface area contributed by atoms with E-state index in [1.54, 1.807) is 24.6 Å². The summed E-state index contributed by atoms with van der Waals surface area (Å²) in [6, 6.07) is 0. The molecule has 0 aromatic rings. The Labute approximate surface area is 289 Å². The summed E-state index contributed by atoms with van der Waals surface area (Å²) >= 11 is 0. The minimum absolute atomic E-state index is 0. The average molecular weight is 741 g/mol. The molecule has 0 atom stereocenters. The molecule has 0 unspecified atom stereocenters. The fourth-order valence-corrected chi connectivity index (χ4v) is 11.6. The van der Waals surface area contributed by atoms with E-state index in [4.69, 9.17) is 13.1 Å². The van der Waals surface area contributed by atoms with Crippen LogP contribution in [-0.4, -0.2) is 85.0 Å². The topological polar surface area (TPSA) is 8.72 Å². The van der Waals surface area contributed by atoms with E-state index in [0.29, 0.717) is 31.7 Å². The zero-order chi connectivity index (χ0) is 29.2. The normalized spacial score (nSPS) is 10.0. The van der Waals surface area contributed by atoms with Gasteiger partial charge in [-0.1, -0.05) is 55.4 Å². The largest absolute Gasteiger partial charge is 3.00 e. The first-order valence-electron chi connectivity index (χ1n) is 14.3. The maximum absolute atomic E-state index is 6.48. The van der Waals surface area contributed by atoms with Crippen LogP contribution in [-0.2, 0) is 17.1 Å². The summed E-state index contributed by atoms with van der Waals surface area (Å²) in [6.07, 6.45) is 17.8. The number of rotatable bonds is 14. The summed E-state index contributed by atoms with van der Waals surface area (Å²) in [5, 5.41) is 0. The molecule has 1 radical (unpaired) electrons. The minimum atomic E-state index is -0.167. The molecule has 0 N–H and O–H groups in total. The molecule has 0 saturated carbocycles. The predicted molar refractivity (Wildman–Crippen MR) is 184 cm³/mol. The monoisotopic (exact) mass is 739 g/mol. The fraction of sp³-hybridized carbons (Fsp3) is 0.933. The van der Waals surface area contributed by atoms with Crippen molar-refractivity contribution in [3.63, 3.8) is 0 Å². The Morgan fingerprint density at radius 1 is 0.400 bits per heavy atom. The van der Waals surface area contributed by atoms with Crippen LogP contribution in [0.1, 0.15) is 96.9 Å². The molecular formula is C30H66Cl3FeN2P4. The van der Waals surface area contributed by atoms with Crippen LogP contribution in [0.15, 0.2) is 0 Å². The molecule has 245 valence electrons. The Morgan fingerprint density at radius 2 is 0.500 bits per heavy atom. The zero-order valence-corrected chi connectivity index (χ0v) is 35.6. The van der Waals surface area contributed by atoms with Crippen LogP contribution in [0.2, 0.25) is 0 Å². The van der Waals surface area contributed by atoms with E-state index in [9.17, 15) is 0 Å². The van der Waals surface area contributed by atoms with E-state index in [0.717, 1.165) is 0 Å². The second-order valence-corrected chi connectivity index (χ2v) is 22.9. The van der Waals surface area contributed by atoms with E-state index >= 15 is 0 Å². The van der Waals surface area contributed by atoms with Crippen molar-refractivity contribution in [1.29, 1.82) is 0 Å². The van der Waals surface area contributed by atoms with E-state index in [-0.39, 0.29) is 65.4 Å². The van der Waals surface area contributed by atoms with Crippen molar-refractivity contribution in [2.45, 2.75) is 108 Å². The molecular weight excluding hydrogens is 674 g/mol. The van der Waals surface area contributed by atoms with Gasteiger partial charge >= 0.3 is 17.1 Å². The molecule has 0 heterocycles. The molecule has 0 fully saturated rings. The first kappa shape index (κ1) is 61.1. The van der Waals surface area contributed by atoms with Gasteiger partial charge in [-0.25, -0.2) is 13.1 Å². The van der Waals surface area contributed by atoms with E-state index in [1.165, 1.54) is 49.3 Å². The van der Waals surface area contributed by atoms with Gasteiger partial charge in [0.25, 0.3) is 0 Å². The van der Waals surface area contributed by atoms with Crippen LogP contribution >= 0.6 is 31.7 Å². The molecule has 0 amide bonds. The number of hydrogen-bond acceptors (Lipinski definition) is 0. The van der Waals surface area contributed by atoms with Crippen LogP contribution in [0.4, 0.5) is 0 Å². The first-order chi connectivity index (χ1) is 16.7. The molecule has 0 rings (SSSR count). The van der Waals surface area contributed by atoms with Gasteiger partial charge in [-0.15, -0.1) is 31.7 Å². The zero-order valence-electron chi connectivity index (χ0n) is 28.7. The first-order valence-corrected chi connectivity index (χ1v) is 21.9. The number of hydrogen-bond donors (Lipinski definition) is 0. The van der Waals surface area contributed by atoms with Crippen molar-refractivity contribution in [1.82, 2.24) is 0 Å². The summed E-state index contributed by atoms with van der Waals surface area (Å²) < 4.78 is 0. The molecule has 0 aliphatic heterocycles. The van der Waals surface area contributed by atoms with Gasteiger partial charge in [-0.2, -0.15) is 0 Å². The quantitative estimate of drug-likeness (QED) is 0.147. The smallest absolute Gasteiger partial charge is 1.00 e. The molecule has 10 heteroatoms. The Balaban J connectivity index is -0.0000000576. The van der Waals surface area contributed by atoms with Crippen molar-refractivity contribution in [3.8, 4) is 0 Å². The van der Waals surface area contributed by atoms with Crippen molar-refractivity contribution >= 4 is 31.7 Å². The predicted octanol–water partition coefficient (Wildman–Crippen LogP) is 2.48. The maximum atomic E-state index is 6.48. The maximum Gasteiger partial charge on any atom is 3.00 e. The van der Waals surface area contributed by atoms with Gasteiger partial charge in [0, 0.05) is 41.5 Å². The fourth-order valence-electron chi connectivity index (χ4n) is 2.73. The summed E-state index contributed by atoms with van der Waals surface area (Å²) in [4.78, 5) is 6.54. The summed E-state index contributed by atoms with van der Waals surface area (Å²) in [6.45, 7) is 43.1. The van der Waals surface area contributed by atoms with Crippen LogP contribution in [0, 0.1) is 13.1 Å². The second kappa shape index (κ2) is 41.1. The van der Waals surface area contributed by atoms with Crippen molar-refractivity contribution in [2.75, 3.05) is 73.9 Å². The number of nitrogens with zero attached hydrogens (tertiary/aromatic N) is 2. The van der Waals surface area contributed by atoms with Crippen molar-refractivity contribution in [3.05, 3.63) is 22.8 Å². The summed E-state index contributed by atoms with van der Waals surface area (Å²) in [7, 11) is 1.66. The van der Waals surface area contributed by atoms with Gasteiger partial charge < -0.3 is 46.9 Å². The number of halogens is 3.